The van der Waals surface area contributed by atoms with Crippen molar-refractivity contribution < 1.29 is 14.0 Å². The molecule has 21 heavy (non-hydrogen) atoms. The molecule has 2 aromatic carbocycles. The van der Waals surface area contributed by atoms with Crippen LogP contribution in [0.3, 0.4) is 0 Å². The van der Waals surface area contributed by atoms with Crippen LogP contribution in [0.2, 0.25) is 0 Å². The lowest BCUT2D eigenvalue weighted by atomic mass is 10.2. The van der Waals surface area contributed by atoms with Crippen molar-refractivity contribution in [3.63, 3.8) is 0 Å². The zero-order valence-corrected chi connectivity index (χ0v) is 11.3. The van der Waals surface area contributed by atoms with E-state index in [4.69, 9.17) is 5.73 Å². The SMILES string of the molecule is CC(=O)Nc1ccc(F)c(NC(=O)c2ccc(N)cc2)c1. The maximum atomic E-state index is 13.7. The van der Waals surface area contributed by atoms with E-state index in [2.05, 4.69) is 10.6 Å². The average Bonchev–Trinajstić information content (AvgIpc) is 2.42. The number of halogens is 1. The van der Waals surface area contributed by atoms with Crippen molar-refractivity contribution in [3.8, 4) is 0 Å². The number of hydrogen-bond donors (Lipinski definition) is 3. The Bertz CT molecular complexity index is 684. The molecule has 0 fully saturated rings. The summed E-state index contributed by atoms with van der Waals surface area (Å²) >= 11 is 0. The molecular weight excluding hydrogens is 273 g/mol. The first-order chi connectivity index (χ1) is 9.95. The topological polar surface area (TPSA) is 84.2 Å². The molecule has 0 aliphatic carbocycles. The van der Waals surface area contributed by atoms with Gasteiger partial charge >= 0.3 is 0 Å². The number of amides is 2. The van der Waals surface area contributed by atoms with E-state index in [-0.39, 0.29) is 11.6 Å². The third-order valence-corrected chi connectivity index (χ3v) is 2.71. The van der Waals surface area contributed by atoms with Gasteiger partial charge in [0.2, 0.25) is 5.91 Å². The summed E-state index contributed by atoms with van der Waals surface area (Å²) in [6, 6.07) is 10.2. The van der Waals surface area contributed by atoms with Crippen LogP contribution in [-0.4, -0.2) is 11.8 Å². The van der Waals surface area contributed by atoms with E-state index in [1.165, 1.54) is 25.1 Å². The molecular formula is C15H14FN3O2. The van der Waals surface area contributed by atoms with Crippen molar-refractivity contribution in [1.29, 1.82) is 0 Å². The van der Waals surface area contributed by atoms with Gasteiger partial charge in [-0.25, -0.2) is 4.39 Å². The van der Waals surface area contributed by atoms with E-state index < -0.39 is 11.7 Å². The van der Waals surface area contributed by atoms with Crippen LogP contribution in [0.5, 0.6) is 0 Å². The second-order valence-corrected chi connectivity index (χ2v) is 4.45. The predicted octanol–water partition coefficient (Wildman–Crippen LogP) is 2.62. The van der Waals surface area contributed by atoms with E-state index in [1.807, 2.05) is 0 Å². The van der Waals surface area contributed by atoms with E-state index >= 15 is 0 Å². The number of carbonyl (C=O) groups is 2. The standard InChI is InChI=1S/C15H14FN3O2/c1-9(20)18-12-6-7-13(16)14(8-12)19-15(21)10-2-4-11(17)5-3-10/h2-8H,17H2,1H3,(H,18,20)(H,19,21). The summed E-state index contributed by atoms with van der Waals surface area (Å²) in [6.45, 7) is 1.34. The fraction of sp³-hybridized carbons (Fsp3) is 0.0667. The molecule has 108 valence electrons. The molecule has 5 nitrogen and oxygen atoms in total. The van der Waals surface area contributed by atoms with Crippen molar-refractivity contribution in [2.75, 3.05) is 16.4 Å². The number of nitrogens with one attached hydrogen (secondary N) is 2. The first-order valence-electron chi connectivity index (χ1n) is 6.20. The Kier molecular flexibility index (Phi) is 4.18. The highest BCUT2D eigenvalue weighted by atomic mass is 19.1. The summed E-state index contributed by atoms with van der Waals surface area (Å²) in [5.41, 5.74) is 6.81. The summed E-state index contributed by atoms with van der Waals surface area (Å²) in [5.74, 6) is -1.33. The molecule has 0 bridgehead atoms. The van der Waals surface area contributed by atoms with Gasteiger partial charge in [-0.1, -0.05) is 0 Å². The minimum absolute atomic E-state index is 0.0110. The molecule has 2 aromatic rings. The van der Waals surface area contributed by atoms with Gasteiger partial charge in [0.25, 0.3) is 5.91 Å². The molecule has 0 atom stereocenters. The van der Waals surface area contributed by atoms with Gasteiger partial charge < -0.3 is 16.4 Å². The predicted molar refractivity (Wildman–Crippen MR) is 79.5 cm³/mol. The molecule has 6 heteroatoms. The molecule has 2 amide bonds. The molecule has 0 aromatic heterocycles. The largest absolute Gasteiger partial charge is 0.399 e. The highest BCUT2D eigenvalue weighted by molar-refractivity contribution is 6.04. The normalized spacial score (nSPS) is 10.0. The molecule has 0 heterocycles. The summed E-state index contributed by atoms with van der Waals surface area (Å²) in [5, 5.41) is 4.97. The highest BCUT2D eigenvalue weighted by Gasteiger charge is 2.10. The van der Waals surface area contributed by atoms with Gasteiger partial charge in [0.05, 0.1) is 5.69 Å². The average molecular weight is 287 g/mol. The van der Waals surface area contributed by atoms with Crippen molar-refractivity contribution in [2.24, 2.45) is 0 Å². The zero-order chi connectivity index (χ0) is 15.4. The monoisotopic (exact) mass is 287 g/mol. The third-order valence-electron chi connectivity index (χ3n) is 2.71. The Labute approximate surface area is 121 Å². The lowest BCUT2D eigenvalue weighted by Gasteiger charge is -2.09. The first kappa shape index (κ1) is 14.5. The van der Waals surface area contributed by atoms with Gasteiger partial charge in [-0.05, 0) is 42.5 Å². The Morgan fingerprint density at radius 1 is 1.05 bits per heavy atom. The Morgan fingerprint density at radius 3 is 2.33 bits per heavy atom. The van der Waals surface area contributed by atoms with E-state index in [1.54, 1.807) is 24.3 Å². The number of nitrogen functional groups attached to an aromatic ring is 1. The van der Waals surface area contributed by atoms with Crippen LogP contribution in [0.4, 0.5) is 21.5 Å². The van der Waals surface area contributed by atoms with Crippen LogP contribution in [-0.2, 0) is 4.79 Å². The van der Waals surface area contributed by atoms with E-state index in [0.29, 0.717) is 16.9 Å². The molecule has 0 spiro atoms. The number of nitrogens with two attached hydrogens (primary N) is 1. The molecule has 4 N–H and O–H groups in total. The number of anilines is 3. The highest BCUT2D eigenvalue weighted by Crippen LogP contribution is 2.20. The fourth-order valence-corrected chi connectivity index (χ4v) is 1.73. The van der Waals surface area contributed by atoms with Crippen LogP contribution < -0.4 is 16.4 Å². The summed E-state index contributed by atoms with van der Waals surface area (Å²) in [7, 11) is 0. The molecule has 0 unspecified atom stereocenters. The maximum absolute atomic E-state index is 13.7. The molecule has 0 saturated carbocycles. The number of benzene rings is 2. The molecule has 2 rings (SSSR count). The van der Waals surface area contributed by atoms with Crippen molar-refractivity contribution in [2.45, 2.75) is 6.92 Å². The van der Waals surface area contributed by atoms with Gasteiger partial charge in [0.1, 0.15) is 5.82 Å². The van der Waals surface area contributed by atoms with Crippen molar-refractivity contribution in [1.82, 2.24) is 0 Å². The Morgan fingerprint density at radius 2 is 1.71 bits per heavy atom. The summed E-state index contributed by atoms with van der Waals surface area (Å²) in [6.07, 6.45) is 0. The summed E-state index contributed by atoms with van der Waals surface area (Å²) in [4.78, 5) is 23.0. The molecule has 0 radical (unpaired) electrons. The second-order valence-electron chi connectivity index (χ2n) is 4.45. The lowest BCUT2D eigenvalue weighted by Crippen LogP contribution is -2.14. The van der Waals surface area contributed by atoms with Gasteiger partial charge in [-0.2, -0.15) is 0 Å². The number of rotatable bonds is 3. The Balaban J connectivity index is 2.20. The minimum atomic E-state index is -0.590. The van der Waals surface area contributed by atoms with E-state index in [0.717, 1.165) is 0 Å². The van der Waals surface area contributed by atoms with Crippen molar-refractivity contribution in [3.05, 3.63) is 53.8 Å². The van der Waals surface area contributed by atoms with Crippen LogP contribution in [0.1, 0.15) is 17.3 Å². The van der Waals surface area contributed by atoms with Gasteiger partial charge in [-0.15, -0.1) is 0 Å². The third kappa shape index (κ3) is 3.79. The quantitative estimate of drug-likeness (QED) is 0.759. The first-order valence-corrected chi connectivity index (χ1v) is 6.20. The second kappa shape index (κ2) is 6.04. The smallest absolute Gasteiger partial charge is 0.255 e. The van der Waals surface area contributed by atoms with Gasteiger partial charge in [-0.3, -0.25) is 9.59 Å². The maximum Gasteiger partial charge on any atom is 0.255 e. The van der Waals surface area contributed by atoms with Crippen LogP contribution >= 0.6 is 0 Å². The minimum Gasteiger partial charge on any atom is -0.399 e. The van der Waals surface area contributed by atoms with Crippen molar-refractivity contribution >= 4 is 28.9 Å². The number of carbonyl (C=O) groups excluding carboxylic acids is 2. The summed E-state index contributed by atoms with van der Waals surface area (Å²) < 4.78 is 13.7. The molecule has 0 saturated heterocycles. The fourth-order valence-electron chi connectivity index (χ4n) is 1.73. The van der Waals surface area contributed by atoms with Gasteiger partial charge in [0.15, 0.2) is 0 Å². The molecule has 0 aliphatic rings. The zero-order valence-electron chi connectivity index (χ0n) is 11.3. The number of hydrogen-bond acceptors (Lipinski definition) is 3. The van der Waals surface area contributed by atoms with E-state index in [9.17, 15) is 14.0 Å². The van der Waals surface area contributed by atoms with Crippen LogP contribution in [0, 0.1) is 5.82 Å². The van der Waals surface area contributed by atoms with Gasteiger partial charge in [0, 0.05) is 23.9 Å². The van der Waals surface area contributed by atoms with Crippen LogP contribution in [0.25, 0.3) is 0 Å². The van der Waals surface area contributed by atoms with Crippen LogP contribution in [0.15, 0.2) is 42.5 Å². The Hall–Kier alpha value is -2.89. The lowest BCUT2D eigenvalue weighted by molar-refractivity contribution is -0.114. The molecule has 0 aliphatic heterocycles.